The fourth-order valence-corrected chi connectivity index (χ4v) is 2.55. The standard InChI is InChI=1S/C22H15N2O.BrH.Pt/c1-2-8-18(9-3-1)25-22-13-12-17(20-10-4-6-14-23-20)16-19(22)21-11-5-7-15-24-21;;/h1-15H;1H;/q-1;;+2/p-1. The molecule has 3 nitrogen and oxygen atoms in total. The molecule has 0 aliphatic carbocycles. The van der Waals surface area contributed by atoms with Crippen molar-refractivity contribution >= 4 is 13.3 Å². The number of aromatic nitrogens is 2. The predicted molar refractivity (Wildman–Crippen MR) is 107 cm³/mol. The number of nitrogens with zero attached hydrogens (tertiary/aromatic N) is 2. The van der Waals surface area contributed by atoms with Gasteiger partial charge in [-0.2, -0.15) is 0 Å². The quantitative estimate of drug-likeness (QED) is 0.261. The zero-order valence-corrected chi connectivity index (χ0v) is 18.0. The smallest absolute Gasteiger partial charge is 0.116 e. The number of para-hydroxylation sites is 1. The Labute approximate surface area is 176 Å². The Bertz CT molecular complexity index is 967. The first-order chi connectivity index (χ1) is 13.4. The zero-order valence-electron chi connectivity index (χ0n) is 14.2. The van der Waals surface area contributed by atoms with E-state index in [1.165, 1.54) is 0 Å². The second kappa shape index (κ2) is 10.1. The second-order valence-electron chi connectivity index (χ2n) is 5.46. The number of ether oxygens (including phenoxy) is 1. The van der Waals surface area contributed by atoms with Gasteiger partial charge >= 0.3 is 31.1 Å². The predicted octanol–water partition coefficient (Wildman–Crippen LogP) is 6.25. The molecule has 0 aliphatic rings. The first-order valence-electron chi connectivity index (χ1n) is 8.14. The van der Waals surface area contributed by atoms with Crippen LogP contribution in [0.3, 0.4) is 0 Å². The maximum absolute atomic E-state index is 6.06. The van der Waals surface area contributed by atoms with E-state index in [0.29, 0.717) is 5.75 Å². The molecule has 0 radical (unpaired) electrons. The molecular weight excluding hydrogens is 583 g/mol. The summed E-state index contributed by atoms with van der Waals surface area (Å²) in [6, 6.07) is 28.7. The molecular formula is C22H15BrN2OPt. The van der Waals surface area contributed by atoms with Gasteiger partial charge in [-0.25, -0.2) is 0 Å². The van der Waals surface area contributed by atoms with Crippen LogP contribution in [-0.4, -0.2) is 9.97 Å². The van der Waals surface area contributed by atoms with Crippen LogP contribution in [0.2, 0.25) is 0 Å². The first-order valence-corrected chi connectivity index (χ1v) is 13.1. The molecule has 4 aromatic rings. The Balaban J connectivity index is 0.00000102. The van der Waals surface area contributed by atoms with E-state index < -0.39 is 0 Å². The Morgan fingerprint density at radius 2 is 1.33 bits per heavy atom. The van der Waals surface area contributed by atoms with Crippen LogP contribution in [0.1, 0.15) is 0 Å². The van der Waals surface area contributed by atoms with Crippen molar-refractivity contribution in [2.45, 2.75) is 0 Å². The molecule has 0 amide bonds. The number of halogens is 1. The van der Waals surface area contributed by atoms with E-state index in [0.717, 1.165) is 28.3 Å². The molecule has 4 rings (SSSR count). The van der Waals surface area contributed by atoms with Gasteiger partial charge in [0.15, 0.2) is 0 Å². The summed E-state index contributed by atoms with van der Waals surface area (Å²) < 4.78 is 6.06. The normalized spacial score (nSPS) is 9.89. The molecule has 136 valence electrons. The molecule has 0 bridgehead atoms. The number of hydrogen-bond acceptors (Lipinski definition) is 3. The third kappa shape index (κ3) is 5.12. The third-order valence-corrected chi connectivity index (χ3v) is 3.74. The summed E-state index contributed by atoms with van der Waals surface area (Å²) in [6.45, 7) is 0. The van der Waals surface area contributed by atoms with Crippen LogP contribution in [0.5, 0.6) is 11.5 Å². The molecule has 27 heavy (non-hydrogen) atoms. The van der Waals surface area contributed by atoms with Crippen LogP contribution in [0.15, 0.2) is 91.3 Å². The topological polar surface area (TPSA) is 35.0 Å². The maximum Gasteiger partial charge on any atom is 0.116 e. The Morgan fingerprint density at radius 3 is 1.96 bits per heavy atom. The minimum Gasteiger partial charge on any atom is -0.493 e. The fraction of sp³-hybridized carbons (Fsp3) is 0. The summed E-state index contributed by atoms with van der Waals surface area (Å²) in [5.41, 5.74) is 3.39. The van der Waals surface area contributed by atoms with Crippen molar-refractivity contribution in [2.24, 2.45) is 0 Å². The zero-order chi connectivity index (χ0) is 18.9. The fourth-order valence-electron chi connectivity index (χ4n) is 2.55. The van der Waals surface area contributed by atoms with Gasteiger partial charge in [0.2, 0.25) is 0 Å². The summed E-state index contributed by atoms with van der Waals surface area (Å²) in [4.78, 5) is 8.86. The molecule has 2 aromatic carbocycles. The molecule has 0 atom stereocenters. The SMILES string of the molecule is [Br][Pt+].[c-]1c(-c2ccccn2)ccc(Oc2ccccc2)c1-c1ccccn1. The third-order valence-electron chi connectivity index (χ3n) is 3.74. The van der Waals surface area contributed by atoms with Crippen molar-refractivity contribution in [3.63, 3.8) is 0 Å². The average Bonchev–Trinajstić information content (AvgIpc) is 2.77. The largest absolute Gasteiger partial charge is 0.493 e. The van der Waals surface area contributed by atoms with Crippen LogP contribution >= 0.6 is 13.3 Å². The Hall–Kier alpha value is -2.29. The number of pyridine rings is 2. The molecule has 0 fully saturated rings. The summed E-state index contributed by atoms with van der Waals surface area (Å²) in [7, 11) is 0. The molecule has 0 saturated carbocycles. The minimum absolute atomic E-state index is 0.713. The van der Waals surface area contributed by atoms with Crippen LogP contribution < -0.4 is 4.74 Å². The van der Waals surface area contributed by atoms with Gasteiger partial charge in [-0.05, 0) is 24.3 Å². The summed E-state index contributed by atoms with van der Waals surface area (Å²) in [6.07, 6.45) is 3.54. The maximum atomic E-state index is 6.06. The molecule has 0 saturated heterocycles. The van der Waals surface area contributed by atoms with Crippen molar-refractivity contribution < 1.29 is 22.5 Å². The van der Waals surface area contributed by atoms with Gasteiger partial charge in [-0.15, -0.1) is 12.1 Å². The van der Waals surface area contributed by atoms with E-state index in [9.17, 15) is 0 Å². The van der Waals surface area contributed by atoms with Crippen LogP contribution in [0, 0.1) is 6.07 Å². The first kappa shape index (κ1) is 19.5. The molecule has 0 aliphatic heterocycles. The molecule has 2 aromatic heterocycles. The van der Waals surface area contributed by atoms with Gasteiger partial charge in [-0.3, -0.25) is 9.97 Å². The molecule has 0 N–H and O–H groups in total. The summed E-state index contributed by atoms with van der Waals surface area (Å²) >= 11 is 4.86. The van der Waals surface area contributed by atoms with E-state index in [-0.39, 0.29) is 0 Å². The monoisotopic (exact) mass is 597 g/mol. The van der Waals surface area contributed by atoms with Gasteiger partial charge in [-0.1, -0.05) is 59.7 Å². The van der Waals surface area contributed by atoms with Gasteiger partial charge in [0.1, 0.15) is 5.75 Å². The Morgan fingerprint density at radius 1 is 0.704 bits per heavy atom. The van der Waals surface area contributed by atoms with E-state index in [1.54, 1.807) is 12.4 Å². The van der Waals surface area contributed by atoms with Crippen LogP contribution in [0.25, 0.3) is 22.5 Å². The summed E-state index contributed by atoms with van der Waals surface area (Å²) in [5.74, 6) is 1.49. The van der Waals surface area contributed by atoms with E-state index in [2.05, 4.69) is 29.3 Å². The number of rotatable bonds is 4. The van der Waals surface area contributed by atoms with Crippen molar-refractivity contribution in [3.8, 4) is 34.0 Å². The second-order valence-corrected chi connectivity index (χ2v) is 5.46. The van der Waals surface area contributed by atoms with Crippen molar-refractivity contribution in [1.29, 1.82) is 0 Å². The number of hydrogen-bond donors (Lipinski definition) is 0. The average molecular weight is 598 g/mol. The van der Waals surface area contributed by atoms with E-state index >= 15 is 0 Å². The van der Waals surface area contributed by atoms with E-state index in [4.69, 9.17) is 4.74 Å². The van der Waals surface area contributed by atoms with Gasteiger partial charge in [0.05, 0.1) is 5.75 Å². The van der Waals surface area contributed by atoms with Gasteiger partial charge < -0.3 is 4.74 Å². The van der Waals surface area contributed by atoms with E-state index in [1.807, 2.05) is 96.6 Å². The molecule has 5 heteroatoms. The van der Waals surface area contributed by atoms with Crippen molar-refractivity contribution in [3.05, 3.63) is 97.3 Å². The van der Waals surface area contributed by atoms with Crippen LogP contribution in [0.4, 0.5) is 0 Å². The Kier molecular flexibility index (Phi) is 7.32. The number of benzene rings is 2. The summed E-state index contributed by atoms with van der Waals surface area (Å²) in [5, 5.41) is 0. The van der Waals surface area contributed by atoms with Crippen LogP contribution in [-0.2, 0) is 17.8 Å². The molecule has 0 unspecified atom stereocenters. The van der Waals surface area contributed by atoms with Gasteiger partial charge in [0.25, 0.3) is 0 Å². The van der Waals surface area contributed by atoms with Crippen molar-refractivity contribution in [1.82, 2.24) is 9.97 Å². The molecule has 2 heterocycles. The molecule has 0 spiro atoms. The van der Waals surface area contributed by atoms with Gasteiger partial charge in [0, 0.05) is 23.8 Å². The van der Waals surface area contributed by atoms with Crippen molar-refractivity contribution in [2.75, 3.05) is 0 Å². The minimum atomic E-state index is 0.713.